The van der Waals surface area contributed by atoms with Gasteiger partial charge in [0.05, 0.1) is 22.8 Å². The van der Waals surface area contributed by atoms with E-state index in [0.29, 0.717) is 11.6 Å². The van der Waals surface area contributed by atoms with Crippen molar-refractivity contribution in [1.82, 2.24) is 0 Å². The van der Waals surface area contributed by atoms with E-state index in [2.05, 4.69) is 13.0 Å². The second-order valence-electron chi connectivity index (χ2n) is 6.78. The second-order valence-corrected chi connectivity index (χ2v) is 9.29. The third kappa shape index (κ3) is 3.50. The van der Waals surface area contributed by atoms with Crippen molar-refractivity contribution in [3.05, 3.63) is 64.7 Å². The van der Waals surface area contributed by atoms with Crippen molar-refractivity contribution < 1.29 is 13.2 Å². The van der Waals surface area contributed by atoms with Gasteiger partial charge in [-0.05, 0) is 48.7 Å². The first kappa shape index (κ1) is 19.9. The van der Waals surface area contributed by atoms with Crippen LogP contribution in [-0.4, -0.2) is 26.9 Å². The van der Waals surface area contributed by atoms with Gasteiger partial charge >= 0.3 is 0 Å². The summed E-state index contributed by atoms with van der Waals surface area (Å²) in [5, 5.41) is 9.56. The summed E-state index contributed by atoms with van der Waals surface area (Å²) >= 11 is 5.89. The maximum Gasteiger partial charge on any atom is 0.183 e. The largest absolute Gasteiger partial charge is 0.380 e. The number of nitrogens with zero attached hydrogens (tertiary/aromatic N) is 1. The highest BCUT2D eigenvalue weighted by Crippen LogP contribution is 2.63. The molecule has 1 aliphatic rings. The number of nitriles is 1. The number of sulfone groups is 1. The van der Waals surface area contributed by atoms with Gasteiger partial charge in [-0.25, -0.2) is 8.42 Å². The molecule has 27 heavy (non-hydrogen) atoms. The molecule has 0 saturated heterocycles. The standard InChI is InChI=1S/C21H22ClNO3S/c1-3-15-5-7-16(8-6-15)19-20(21(19,13-23)14-26-4-2)27(24,25)18-11-9-17(22)10-12-18/h5-12,19-20H,3-4,14H2,1-2H3/t19-,20-,21-/m0/s1. The third-order valence-corrected chi connectivity index (χ3v) is 7.78. The Balaban J connectivity index is 2.04. The fraction of sp³-hybridized carbons (Fsp3) is 0.381. The Kier molecular flexibility index (Phi) is 5.62. The minimum atomic E-state index is -3.71. The average Bonchev–Trinajstić information content (AvgIpc) is 3.37. The molecule has 0 bridgehead atoms. The van der Waals surface area contributed by atoms with Gasteiger partial charge in [-0.15, -0.1) is 0 Å². The van der Waals surface area contributed by atoms with E-state index in [9.17, 15) is 13.7 Å². The molecule has 0 radical (unpaired) electrons. The summed E-state index contributed by atoms with van der Waals surface area (Å²) in [6.07, 6.45) is 0.903. The summed E-state index contributed by atoms with van der Waals surface area (Å²) in [7, 11) is -3.71. The van der Waals surface area contributed by atoms with Crippen LogP contribution in [0.25, 0.3) is 0 Å². The Labute approximate surface area is 165 Å². The van der Waals surface area contributed by atoms with Crippen molar-refractivity contribution >= 4 is 21.4 Å². The van der Waals surface area contributed by atoms with E-state index >= 15 is 0 Å². The predicted octanol–water partition coefficient (Wildman–Crippen LogP) is 4.39. The number of hydrogen-bond donors (Lipinski definition) is 0. The van der Waals surface area contributed by atoms with Crippen LogP contribution in [0.1, 0.15) is 30.9 Å². The Hall–Kier alpha value is -1.87. The Morgan fingerprint density at radius 1 is 1.11 bits per heavy atom. The molecular weight excluding hydrogens is 382 g/mol. The van der Waals surface area contributed by atoms with Gasteiger partial charge in [-0.1, -0.05) is 42.8 Å². The van der Waals surface area contributed by atoms with E-state index in [1.54, 1.807) is 12.1 Å². The molecule has 0 spiro atoms. The highest BCUT2D eigenvalue weighted by Gasteiger charge is 2.72. The van der Waals surface area contributed by atoms with Crippen LogP contribution < -0.4 is 0 Å². The van der Waals surface area contributed by atoms with E-state index < -0.39 is 26.4 Å². The lowest BCUT2D eigenvalue weighted by Crippen LogP contribution is -2.19. The summed E-state index contributed by atoms with van der Waals surface area (Å²) in [5.74, 6) is -0.416. The Bertz CT molecular complexity index is 948. The number of halogens is 1. The molecule has 1 saturated carbocycles. The normalized spacial score (nSPS) is 24.4. The van der Waals surface area contributed by atoms with Crippen LogP contribution in [0.5, 0.6) is 0 Å². The lowest BCUT2D eigenvalue weighted by Gasteiger charge is -2.10. The molecule has 4 nitrogen and oxygen atoms in total. The van der Waals surface area contributed by atoms with Gasteiger partial charge < -0.3 is 4.74 Å². The number of rotatable bonds is 7. The van der Waals surface area contributed by atoms with Crippen LogP contribution in [0.2, 0.25) is 5.02 Å². The SMILES string of the molecule is CCOC[C@@]1(C#N)[C@@H](c2ccc(CC)cc2)[C@@H]1S(=O)(=O)c1ccc(Cl)cc1. The minimum Gasteiger partial charge on any atom is -0.380 e. The van der Waals surface area contributed by atoms with Crippen LogP contribution in [0.15, 0.2) is 53.4 Å². The predicted molar refractivity (Wildman–Crippen MR) is 106 cm³/mol. The molecule has 3 atom stereocenters. The van der Waals surface area contributed by atoms with Crippen molar-refractivity contribution in [3.8, 4) is 6.07 Å². The van der Waals surface area contributed by atoms with Gasteiger partial charge in [0.15, 0.2) is 9.84 Å². The highest BCUT2D eigenvalue weighted by molar-refractivity contribution is 7.92. The maximum absolute atomic E-state index is 13.3. The van der Waals surface area contributed by atoms with Gasteiger partial charge in [0.25, 0.3) is 0 Å². The van der Waals surface area contributed by atoms with Crippen LogP contribution >= 0.6 is 11.6 Å². The highest BCUT2D eigenvalue weighted by atomic mass is 35.5. The summed E-state index contributed by atoms with van der Waals surface area (Å²) in [4.78, 5) is 0.181. The van der Waals surface area contributed by atoms with E-state index in [1.165, 1.54) is 17.7 Å². The van der Waals surface area contributed by atoms with Crippen LogP contribution in [0, 0.1) is 16.7 Å². The molecule has 2 aromatic carbocycles. The van der Waals surface area contributed by atoms with Crippen LogP contribution in [0.3, 0.4) is 0 Å². The van der Waals surface area contributed by atoms with Gasteiger partial charge in [0, 0.05) is 17.5 Å². The van der Waals surface area contributed by atoms with Crippen molar-refractivity contribution in [3.63, 3.8) is 0 Å². The van der Waals surface area contributed by atoms with Crippen molar-refractivity contribution in [2.45, 2.75) is 36.3 Å². The quantitative estimate of drug-likeness (QED) is 0.687. The molecule has 3 rings (SSSR count). The molecule has 2 aromatic rings. The molecule has 0 aliphatic heterocycles. The molecule has 0 amide bonds. The number of benzene rings is 2. The summed E-state index contributed by atoms with van der Waals surface area (Å²) < 4.78 is 32.1. The van der Waals surface area contributed by atoms with E-state index in [1.807, 2.05) is 31.2 Å². The molecule has 1 aliphatic carbocycles. The molecule has 142 valence electrons. The summed E-state index contributed by atoms with van der Waals surface area (Å²) in [5.41, 5.74) is 0.947. The smallest absolute Gasteiger partial charge is 0.183 e. The second kappa shape index (κ2) is 7.63. The fourth-order valence-electron chi connectivity index (χ4n) is 3.67. The molecular formula is C21H22ClNO3S. The Morgan fingerprint density at radius 3 is 2.26 bits per heavy atom. The first-order valence-corrected chi connectivity index (χ1v) is 10.9. The maximum atomic E-state index is 13.3. The first-order chi connectivity index (χ1) is 12.9. The fourth-order valence-corrected chi connectivity index (χ4v) is 6.11. The number of ether oxygens (including phenoxy) is 1. The minimum absolute atomic E-state index is 0.0949. The zero-order valence-corrected chi connectivity index (χ0v) is 16.9. The topological polar surface area (TPSA) is 67.2 Å². The van der Waals surface area contributed by atoms with E-state index in [4.69, 9.17) is 16.3 Å². The molecule has 1 fully saturated rings. The first-order valence-electron chi connectivity index (χ1n) is 8.98. The van der Waals surface area contributed by atoms with Gasteiger partial charge in [0.2, 0.25) is 0 Å². The molecule has 6 heteroatoms. The van der Waals surface area contributed by atoms with Gasteiger partial charge in [-0.2, -0.15) is 5.26 Å². The van der Waals surface area contributed by atoms with Crippen LogP contribution in [-0.2, 0) is 21.0 Å². The zero-order valence-electron chi connectivity index (χ0n) is 15.4. The van der Waals surface area contributed by atoms with Gasteiger partial charge in [0.1, 0.15) is 5.41 Å². The Morgan fingerprint density at radius 2 is 1.74 bits per heavy atom. The number of hydrogen-bond acceptors (Lipinski definition) is 4. The molecule has 0 aromatic heterocycles. The third-order valence-electron chi connectivity index (χ3n) is 5.23. The average molecular weight is 404 g/mol. The molecule has 0 heterocycles. The molecule has 0 N–H and O–H groups in total. The summed E-state index contributed by atoms with van der Waals surface area (Å²) in [6, 6.07) is 16.2. The van der Waals surface area contributed by atoms with Crippen molar-refractivity contribution in [1.29, 1.82) is 5.26 Å². The van der Waals surface area contributed by atoms with Crippen molar-refractivity contribution in [2.75, 3.05) is 13.2 Å². The zero-order chi connectivity index (χ0) is 19.7. The summed E-state index contributed by atoms with van der Waals surface area (Å²) in [6.45, 7) is 4.42. The lowest BCUT2D eigenvalue weighted by atomic mass is 10.00. The van der Waals surface area contributed by atoms with Crippen LogP contribution in [0.4, 0.5) is 0 Å². The lowest BCUT2D eigenvalue weighted by molar-refractivity contribution is 0.117. The molecule has 0 unspecified atom stereocenters. The van der Waals surface area contributed by atoms with Crippen molar-refractivity contribution in [2.24, 2.45) is 5.41 Å². The van der Waals surface area contributed by atoms with E-state index in [-0.39, 0.29) is 11.5 Å². The van der Waals surface area contributed by atoms with Gasteiger partial charge in [-0.3, -0.25) is 0 Å². The number of aryl methyl sites for hydroxylation is 1. The van der Waals surface area contributed by atoms with E-state index in [0.717, 1.165) is 12.0 Å². The monoisotopic (exact) mass is 403 g/mol.